The second-order valence-corrected chi connectivity index (χ2v) is 7.20. The van der Waals surface area contributed by atoms with Crippen molar-refractivity contribution in [3.05, 3.63) is 60.7 Å². The highest BCUT2D eigenvalue weighted by atomic mass is 27.2. The normalized spacial score (nSPS) is 9.61. The molecule has 0 aliphatic carbocycles. The summed E-state index contributed by atoms with van der Waals surface area (Å²) < 4.78 is -1.64. The lowest BCUT2D eigenvalue weighted by molar-refractivity contribution is 0.255. The molecule has 6 nitrogen and oxygen atoms in total. The zero-order valence-corrected chi connectivity index (χ0v) is 13.7. The van der Waals surface area contributed by atoms with Crippen molar-refractivity contribution >= 4 is 39.8 Å². The molecular weight excluding hydrogens is 309 g/mol. The molecule has 0 saturated carbocycles. The topological polar surface area (TPSA) is 87.3 Å². The third kappa shape index (κ3) is 4.68. The minimum absolute atomic E-state index is 0.535. The van der Waals surface area contributed by atoms with Crippen molar-refractivity contribution in [3.8, 4) is 0 Å². The Balaban J connectivity index is 2.14. The molecule has 0 aliphatic heterocycles. The average molecular weight is 325 g/mol. The molecule has 0 aliphatic rings. The lowest BCUT2D eigenvalue weighted by atomic mass is 10.3. The summed E-state index contributed by atoms with van der Waals surface area (Å²) in [6, 6.07) is 17.4. The van der Waals surface area contributed by atoms with E-state index in [1.54, 1.807) is 48.5 Å². The van der Waals surface area contributed by atoms with Crippen LogP contribution in [0.2, 0.25) is 0 Å². The van der Waals surface area contributed by atoms with Crippen molar-refractivity contribution in [3.63, 3.8) is 0 Å². The van der Waals surface area contributed by atoms with Gasteiger partial charge in [0.25, 0.3) is 0 Å². The summed E-state index contributed by atoms with van der Waals surface area (Å²) in [4.78, 5) is 36.8. The van der Waals surface area contributed by atoms with Crippen LogP contribution in [0.25, 0.3) is 0 Å². The fraction of sp³-hybridized carbons (Fsp3) is 0.0625. The van der Waals surface area contributed by atoms with Gasteiger partial charge in [-0.1, -0.05) is 36.4 Å². The Kier molecular flexibility index (Phi) is 5.92. The Hall–Kier alpha value is -2.62. The van der Waals surface area contributed by atoms with Crippen molar-refractivity contribution in [1.82, 2.24) is 5.32 Å². The van der Waals surface area contributed by atoms with E-state index in [2.05, 4.69) is 16.0 Å². The Morgan fingerprint density at radius 1 is 0.696 bits per heavy atom. The number of hydrogen-bond acceptors (Lipinski definition) is 3. The molecule has 3 amide bonds. The summed E-state index contributed by atoms with van der Waals surface area (Å²) in [5.74, 6) is 0. The fourth-order valence-electron chi connectivity index (χ4n) is 1.97. The van der Waals surface area contributed by atoms with Gasteiger partial charge >= 0.3 is 14.1 Å². The molecule has 0 fully saturated rings. The highest BCUT2D eigenvalue weighted by molar-refractivity contribution is 7.28. The van der Waals surface area contributed by atoms with Crippen LogP contribution in [0.3, 0.4) is 0 Å². The number of anilines is 2. The van der Waals surface area contributed by atoms with Gasteiger partial charge in [-0.15, -0.1) is 0 Å². The van der Waals surface area contributed by atoms with Crippen molar-refractivity contribution in [2.45, 2.75) is 0 Å². The number of benzene rings is 2. The Labute approximate surface area is 138 Å². The first kappa shape index (κ1) is 16.7. The smallest absolute Gasteiger partial charge is 0.374 e. The van der Waals surface area contributed by atoms with Gasteiger partial charge in [-0.3, -0.25) is 14.4 Å². The highest BCUT2D eigenvalue weighted by Crippen LogP contribution is 2.09. The monoisotopic (exact) mass is 325 g/mol. The number of amides is 3. The lowest BCUT2D eigenvalue weighted by Crippen LogP contribution is -2.51. The molecule has 0 atom stereocenters. The van der Waals surface area contributed by atoms with E-state index in [0.717, 1.165) is 0 Å². The van der Waals surface area contributed by atoms with Crippen LogP contribution in [0.5, 0.6) is 0 Å². The van der Waals surface area contributed by atoms with Gasteiger partial charge in [0.2, 0.25) is 0 Å². The maximum absolute atomic E-state index is 12.4. The van der Waals surface area contributed by atoms with Crippen LogP contribution in [0.4, 0.5) is 25.8 Å². The van der Waals surface area contributed by atoms with E-state index < -0.39 is 28.5 Å². The molecule has 0 saturated heterocycles. The minimum Gasteiger partial charge on any atom is -0.374 e. The summed E-state index contributed by atoms with van der Waals surface area (Å²) in [7, 11) is 1.41. The number of nitrogens with one attached hydrogen (secondary N) is 3. The first-order chi connectivity index (χ1) is 11.1. The van der Waals surface area contributed by atoms with Crippen molar-refractivity contribution in [2.75, 3.05) is 17.7 Å². The lowest BCUT2D eigenvalue weighted by Gasteiger charge is -2.12. The van der Waals surface area contributed by atoms with E-state index in [1.165, 1.54) is 7.05 Å². The average Bonchev–Trinajstić information content (AvgIpc) is 2.56. The van der Waals surface area contributed by atoms with Gasteiger partial charge in [0.1, 0.15) is 0 Å². The van der Waals surface area contributed by atoms with Crippen LogP contribution in [-0.2, 0) is 0 Å². The fourth-order valence-corrected chi connectivity index (χ4v) is 3.60. The van der Waals surface area contributed by atoms with Crippen LogP contribution in [0.15, 0.2) is 60.7 Å². The van der Waals surface area contributed by atoms with E-state index in [9.17, 15) is 14.4 Å². The van der Waals surface area contributed by atoms with Gasteiger partial charge in [-0.05, 0) is 24.3 Å². The van der Waals surface area contributed by atoms with Crippen molar-refractivity contribution in [1.29, 1.82) is 0 Å². The van der Waals surface area contributed by atoms with E-state index in [4.69, 9.17) is 0 Å². The number of carbonyl (C=O) groups is 3. The van der Waals surface area contributed by atoms with Gasteiger partial charge < -0.3 is 16.0 Å². The second kappa shape index (κ2) is 8.13. The summed E-state index contributed by atoms with van der Waals surface area (Å²) in [6.45, 7) is 0. The van der Waals surface area contributed by atoms with Crippen LogP contribution >= 0.6 is 0 Å². The first-order valence-corrected chi connectivity index (χ1v) is 8.78. The van der Waals surface area contributed by atoms with Gasteiger partial charge in [-0.25, -0.2) is 0 Å². The molecule has 2 aromatic rings. The zero-order chi connectivity index (χ0) is 16.7. The molecule has 0 bridgehead atoms. The number of carbonyl (C=O) groups excluding carboxylic acids is 3. The van der Waals surface area contributed by atoms with E-state index >= 15 is 0 Å². The molecule has 116 valence electrons. The van der Waals surface area contributed by atoms with Crippen LogP contribution in [0, 0.1) is 0 Å². The molecule has 0 aromatic heterocycles. The summed E-state index contributed by atoms with van der Waals surface area (Å²) in [5.41, 5.74) is 1.10. The predicted octanol–water partition coefficient (Wildman–Crippen LogP) is 3.03. The quantitative estimate of drug-likeness (QED) is 0.738. The molecule has 0 heterocycles. The number of para-hydroxylation sites is 2. The third-order valence-corrected chi connectivity index (χ3v) is 5.27. The van der Waals surface area contributed by atoms with Crippen molar-refractivity contribution < 1.29 is 14.4 Å². The maximum Gasteiger partial charge on any atom is 0.648 e. The third-order valence-electron chi connectivity index (χ3n) is 3.12. The molecule has 0 spiro atoms. The largest absolute Gasteiger partial charge is 0.648 e. The number of hydrogen-bond donors (Lipinski definition) is 3. The number of rotatable bonds is 5. The molecule has 3 N–H and O–H groups in total. The second-order valence-electron chi connectivity index (χ2n) is 4.76. The predicted molar refractivity (Wildman–Crippen MR) is 91.1 cm³/mol. The van der Waals surface area contributed by atoms with Crippen LogP contribution in [0.1, 0.15) is 0 Å². The van der Waals surface area contributed by atoms with E-state index in [0.29, 0.717) is 11.4 Å². The highest BCUT2D eigenvalue weighted by Gasteiger charge is 2.45. The van der Waals surface area contributed by atoms with Gasteiger partial charge in [0.05, 0.1) is 0 Å². The molecule has 0 unspecified atom stereocenters. The molecule has 2 aromatic carbocycles. The standard InChI is InChI=1S/2C7H6NO.C2H4NO.Al/c2*9-6-8-7-4-2-1-3-5-7;1-3-2-4;/h2*1-5H,(H,8,9);1H3,(H,3,4);. The SMILES string of the molecule is CN[C](=O)[Al]([C](=O)Nc1ccccc1)[C](=O)Nc1ccccc1. The summed E-state index contributed by atoms with van der Waals surface area (Å²) >= 11 is -3.11. The Morgan fingerprint density at radius 2 is 1.09 bits per heavy atom. The summed E-state index contributed by atoms with van der Waals surface area (Å²) in [6.07, 6.45) is 0. The zero-order valence-electron chi connectivity index (χ0n) is 12.6. The van der Waals surface area contributed by atoms with Gasteiger partial charge in [0.15, 0.2) is 14.3 Å². The first-order valence-electron chi connectivity index (χ1n) is 7.05. The minimum atomic E-state index is -3.11. The van der Waals surface area contributed by atoms with Crippen molar-refractivity contribution in [2.24, 2.45) is 0 Å². The molecule has 0 radical (unpaired) electrons. The van der Waals surface area contributed by atoms with Crippen LogP contribution in [-0.4, -0.2) is 35.5 Å². The molecular formula is C16H16AlN3O3. The van der Waals surface area contributed by atoms with E-state index in [1.807, 2.05) is 12.1 Å². The molecule has 23 heavy (non-hydrogen) atoms. The van der Waals surface area contributed by atoms with Gasteiger partial charge in [0, 0.05) is 18.4 Å². The van der Waals surface area contributed by atoms with Gasteiger partial charge in [-0.2, -0.15) is 0 Å². The van der Waals surface area contributed by atoms with Crippen LogP contribution < -0.4 is 16.0 Å². The summed E-state index contributed by atoms with van der Waals surface area (Å²) in [5, 5.41) is 7.65. The molecule has 7 heteroatoms. The molecule has 2 rings (SSSR count). The Bertz CT molecular complexity index is 639. The van der Waals surface area contributed by atoms with E-state index in [-0.39, 0.29) is 0 Å². The maximum atomic E-state index is 12.4. The Morgan fingerprint density at radius 3 is 1.43 bits per heavy atom.